The van der Waals surface area contributed by atoms with Gasteiger partial charge in [-0.2, -0.15) is 11.8 Å². The van der Waals surface area contributed by atoms with Gasteiger partial charge in [-0.25, -0.2) is 0 Å². The number of hydrogen-bond acceptors (Lipinski definition) is 4. The first-order chi connectivity index (χ1) is 11.7. The maximum absolute atomic E-state index is 12.7. The molecule has 24 heavy (non-hydrogen) atoms. The third-order valence-electron chi connectivity index (χ3n) is 4.02. The standard InChI is InChI=1S/C18H26N2O3S/c1-24-13-10-16(18(22)20-11-6-3-7-12-20)19-17(21)14-23-15-8-4-2-5-9-15/h2,4-5,8-9,16H,3,6-7,10-14H2,1H3,(H,19,21)/t16-/m1/s1. The lowest BCUT2D eigenvalue weighted by Crippen LogP contribution is -2.51. The molecule has 1 heterocycles. The number of hydrogen-bond donors (Lipinski definition) is 1. The second-order valence-corrected chi connectivity index (χ2v) is 6.87. The van der Waals surface area contributed by atoms with E-state index in [1.54, 1.807) is 23.9 Å². The van der Waals surface area contributed by atoms with Crippen LogP contribution in [0.1, 0.15) is 25.7 Å². The van der Waals surface area contributed by atoms with Gasteiger partial charge in [-0.05, 0) is 49.8 Å². The fourth-order valence-corrected chi connectivity index (χ4v) is 3.20. The van der Waals surface area contributed by atoms with Crippen LogP contribution in [-0.2, 0) is 9.59 Å². The van der Waals surface area contributed by atoms with E-state index < -0.39 is 6.04 Å². The van der Waals surface area contributed by atoms with Crippen LogP contribution < -0.4 is 10.1 Å². The van der Waals surface area contributed by atoms with Crippen molar-refractivity contribution in [3.05, 3.63) is 30.3 Å². The third kappa shape index (κ3) is 6.07. The van der Waals surface area contributed by atoms with Gasteiger partial charge in [0, 0.05) is 13.1 Å². The molecule has 1 fully saturated rings. The summed E-state index contributed by atoms with van der Waals surface area (Å²) < 4.78 is 5.46. The first-order valence-electron chi connectivity index (χ1n) is 8.45. The number of piperidine rings is 1. The maximum atomic E-state index is 12.7. The predicted octanol–water partition coefficient (Wildman–Crippen LogP) is 2.32. The molecule has 5 nitrogen and oxygen atoms in total. The lowest BCUT2D eigenvalue weighted by molar-refractivity contribution is -0.137. The van der Waals surface area contributed by atoms with Crippen LogP contribution in [0.2, 0.25) is 0 Å². The van der Waals surface area contributed by atoms with Crippen LogP contribution in [0, 0.1) is 0 Å². The van der Waals surface area contributed by atoms with Crippen LogP contribution in [0.3, 0.4) is 0 Å². The topological polar surface area (TPSA) is 58.6 Å². The molecule has 0 aliphatic carbocycles. The second kappa shape index (κ2) is 10.2. The molecule has 1 aromatic rings. The summed E-state index contributed by atoms with van der Waals surface area (Å²) >= 11 is 1.68. The molecular formula is C18H26N2O3S. The second-order valence-electron chi connectivity index (χ2n) is 5.89. The molecule has 1 aliphatic heterocycles. The normalized spacial score (nSPS) is 15.6. The molecule has 0 spiro atoms. The van der Waals surface area contributed by atoms with Crippen LogP contribution >= 0.6 is 11.8 Å². The van der Waals surface area contributed by atoms with Gasteiger partial charge in [0.25, 0.3) is 5.91 Å². The Labute approximate surface area is 148 Å². The van der Waals surface area contributed by atoms with E-state index in [0.29, 0.717) is 12.2 Å². The summed E-state index contributed by atoms with van der Waals surface area (Å²) in [5.74, 6) is 1.27. The Morgan fingerprint density at radius 1 is 1.21 bits per heavy atom. The number of ether oxygens (including phenoxy) is 1. The van der Waals surface area contributed by atoms with Crippen molar-refractivity contribution in [1.29, 1.82) is 0 Å². The first-order valence-corrected chi connectivity index (χ1v) is 9.85. The monoisotopic (exact) mass is 350 g/mol. The van der Waals surface area contributed by atoms with Gasteiger partial charge in [0.2, 0.25) is 5.91 Å². The molecule has 2 rings (SSSR count). The third-order valence-corrected chi connectivity index (χ3v) is 4.67. The molecule has 1 N–H and O–H groups in total. The van der Waals surface area contributed by atoms with Gasteiger partial charge in [-0.15, -0.1) is 0 Å². The number of nitrogens with zero attached hydrogens (tertiary/aromatic N) is 1. The van der Waals surface area contributed by atoms with Crippen molar-refractivity contribution in [3.63, 3.8) is 0 Å². The van der Waals surface area contributed by atoms with Gasteiger partial charge in [0.15, 0.2) is 6.61 Å². The van der Waals surface area contributed by atoms with Gasteiger partial charge < -0.3 is 15.0 Å². The van der Waals surface area contributed by atoms with E-state index in [9.17, 15) is 9.59 Å². The highest BCUT2D eigenvalue weighted by atomic mass is 32.2. The van der Waals surface area contributed by atoms with Crippen molar-refractivity contribution in [2.45, 2.75) is 31.7 Å². The Balaban J connectivity index is 1.86. The van der Waals surface area contributed by atoms with Crippen molar-refractivity contribution in [2.75, 3.05) is 31.7 Å². The first kappa shape index (κ1) is 18.6. The van der Waals surface area contributed by atoms with E-state index in [0.717, 1.165) is 31.7 Å². The molecule has 6 heteroatoms. The van der Waals surface area contributed by atoms with Crippen molar-refractivity contribution < 1.29 is 14.3 Å². The number of thioether (sulfide) groups is 1. The minimum absolute atomic E-state index is 0.0387. The number of likely N-dealkylation sites (tertiary alicyclic amines) is 1. The number of nitrogens with one attached hydrogen (secondary N) is 1. The molecule has 2 amide bonds. The van der Waals surface area contributed by atoms with Crippen molar-refractivity contribution in [3.8, 4) is 5.75 Å². The van der Waals surface area contributed by atoms with Crippen molar-refractivity contribution in [1.82, 2.24) is 10.2 Å². The molecule has 1 aromatic carbocycles. The summed E-state index contributed by atoms with van der Waals surface area (Å²) in [7, 11) is 0. The summed E-state index contributed by atoms with van der Waals surface area (Å²) in [5, 5.41) is 2.85. The van der Waals surface area contributed by atoms with Crippen LogP contribution in [0.25, 0.3) is 0 Å². The molecule has 1 aliphatic rings. The lowest BCUT2D eigenvalue weighted by Gasteiger charge is -2.30. The average molecular weight is 350 g/mol. The fourth-order valence-electron chi connectivity index (χ4n) is 2.73. The highest BCUT2D eigenvalue weighted by Gasteiger charge is 2.26. The van der Waals surface area contributed by atoms with Crippen LogP contribution in [-0.4, -0.2) is 54.5 Å². The lowest BCUT2D eigenvalue weighted by atomic mass is 10.1. The molecule has 1 saturated heterocycles. The smallest absolute Gasteiger partial charge is 0.258 e. The number of benzene rings is 1. The average Bonchev–Trinajstić information content (AvgIpc) is 2.64. The fraction of sp³-hybridized carbons (Fsp3) is 0.556. The molecule has 132 valence electrons. The molecule has 1 atom stereocenters. The zero-order valence-corrected chi connectivity index (χ0v) is 15.0. The number of carbonyl (C=O) groups is 2. The van der Waals surface area contributed by atoms with E-state index in [1.165, 1.54) is 6.42 Å². The molecule has 0 bridgehead atoms. The number of rotatable bonds is 8. The van der Waals surface area contributed by atoms with Crippen LogP contribution in [0.15, 0.2) is 30.3 Å². The molecule has 0 saturated carbocycles. The van der Waals surface area contributed by atoms with E-state index in [4.69, 9.17) is 4.74 Å². The SMILES string of the molecule is CSCC[C@@H](NC(=O)COc1ccccc1)C(=O)N1CCCCC1. The zero-order chi connectivity index (χ0) is 17.2. The summed E-state index contributed by atoms with van der Waals surface area (Å²) in [4.78, 5) is 26.7. The Hall–Kier alpha value is -1.69. The van der Waals surface area contributed by atoms with Crippen molar-refractivity contribution >= 4 is 23.6 Å². The van der Waals surface area contributed by atoms with E-state index in [-0.39, 0.29) is 18.4 Å². The van der Waals surface area contributed by atoms with E-state index in [2.05, 4.69) is 5.32 Å². The van der Waals surface area contributed by atoms with E-state index >= 15 is 0 Å². The Morgan fingerprint density at radius 3 is 2.58 bits per heavy atom. The quantitative estimate of drug-likeness (QED) is 0.782. The predicted molar refractivity (Wildman–Crippen MR) is 97.3 cm³/mol. The van der Waals surface area contributed by atoms with Gasteiger partial charge in [0.1, 0.15) is 11.8 Å². The molecule has 0 unspecified atom stereocenters. The van der Waals surface area contributed by atoms with Gasteiger partial charge in [-0.3, -0.25) is 9.59 Å². The summed E-state index contributed by atoms with van der Waals surface area (Å²) in [6, 6.07) is 8.75. The number of carbonyl (C=O) groups excluding carboxylic acids is 2. The van der Waals surface area contributed by atoms with Gasteiger partial charge in [-0.1, -0.05) is 18.2 Å². The van der Waals surface area contributed by atoms with Gasteiger partial charge >= 0.3 is 0 Å². The highest BCUT2D eigenvalue weighted by Crippen LogP contribution is 2.13. The van der Waals surface area contributed by atoms with E-state index in [1.807, 2.05) is 29.4 Å². The summed E-state index contributed by atoms with van der Waals surface area (Å²) in [6.07, 6.45) is 5.92. The molecule has 0 aromatic heterocycles. The Kier molecular flexibility index (Phi) is 7.95. The van der Waals surface area contributed by atoms with Crippen molar-refractivity contribution in [2.24, 2.45) is 0 Å². The maximum Gasteiger partial charge on any atom is 0.258 e. The molecular weight excluding hydrogens is 324 g/mol. The largest absolute Gasteiger partial charge is 0.484 e. The minimum Gasteiger partial charge on any atom is -0.484 e. The number of amides is 2. The summed E-state index contributed by atoms with van der Waals surface area (Å²) in [6.45, 7) is 1.52. The van der Waals surface area contributed by atoms with Gasteiger partial charge in [0.05, 0.1) is 0 Å². The Bertz CT molecular complexity index is 518. The van der Waals surface area contributed by atoms with Crippen LogP contribution in [0.4, 0.5) is 0 Å². The highest BCUT2D eigenvalue weighted by molar-refractivity contribution is 7.98. The number of para-hydroxylation sites is 1. The molecule has 0 radical (unpaired) electrons. The van der Waals surface area contributed by atoms with Crippen LogP contribution in [0.5, 0.6) is 5.75 Å². The minimum atomic E-state index is -0.456. The Morgan fingerprint density at radius 2 is 1.92 bits per heavy atom. The zero-order valence-electron chi connectivity index (χ0n) is 14.2. The summed E-state index contributed by atoms with van der Waals surface area (Å²) in [5.41, 5.74) is 0.